The number of nitrogens with zero attached hydrogens (tertiary/aromatic N) is 2. The van der Waals surface area contributed by atoms with Gasteiger partial charge in [0.05, 0.1) is 27.9 Å². The Labute approximate surface area is 269 Å². The number of hydrogen-bond donors (Lipinski definition) is 3. The van der Waals surface area contributed by atoms with Crippen LogP contribution in [0.2, 0.25) is 0 Å². The smallest absolute Gasteiger partial charge is 0.416 e. The Bertz CT molecular complexity index is 1820. The van der Waals surface area contributed by atoms with E-state index in [1.807, 2.05) is 0 Å². The number of anilines is 1. The number of nitrogens with one attached hydrogen (secondary N) is 2. The number of imidazole rings is 1. The van der Waals surface area contributed by atoms with Crippen LogP contribution in [-0.4, -0.2) is 48.1 Å². The van der Waals surface area contributed by atoms with Gasteiger partial charge in [-0.2, -0.15) is 26.3 Å². The summed E-state index contributed by atoms with van der Waals surface area (Å²) < 4.78 is 80.2. The van der Waals surface area contributed by atoms with Crippen molar-refractivity contribution in [2.24, 2.45) is 0 Å². The molecule has 8 nitrogen and oxygen atoms in total. The van der Waals surface area contributed by atoms with Crippen molar-refractivity contribution in [3.8, 4) is 11.1 Å². The van der Waals surface area contributed by atoms with E-state index in [1.165, 1.54) is 54.3 Å². The second-order valence-corrected chi connectivity index (χ2v) is 12.4. The monoisotopic (exact) mass is 696 g/mol. The number of aromatic carboxylic acids is 1. The fourth-order valence-electron chi connectivity index (χ4n) is 4.41. The fourth-order valence-corrected chi connectivity index (χ4v) is 6.68. The molecule has 0 aliphatic carbocycles. The topological polar surface area (TPSA) is 115 Å². The Morgan fingerprint density at radius 1 is 1.02 bits per heavy atom. The first kappa shape index (κ1) is 32.9. The molecule has 1 aliphatic rings. The number of aromatic amines is 1. The van der Waals surface area contributed by atoms with Gasteiger partial charge in [-0.1, -0.05) is 24.0 Å². The number of rotatable bonds is 8. The van der Waals surface area contributed by atoms with E-state index in [1.54, 1.807) is 0 Å². The first-order valence-electron chi connectivity index (χ1n) is 12.9. The summed E-state index contributed by atoms with van der Waals surface area (Å²) in [6.45, 7) is 0. The van der Waals surface area contributed by atoms with Gasteiger partial charge < -0.3 is 15.4 Å². The molecule has 3 heterocycles. The Kier molecular flexibility index (Phi) is 9.10. The number of thioether (sulfide) groups is 1. The molecule has 3 N–H and O–H groups in total. The quantitative estimate of drug-likeness (QED) is 0.100. The number of carboxylic acid groups (broad SMARTS) is 1. The van der Waals surface area contributed by atoms with Crippen LogP contribution in [0.5, 0.6) is 0 Å². The molecule has 0 unspecified atom stereocenters. The van der Waals surface area contributed by atoms with E-state index in [0.29, 0.717) is 22.7 Å². The first-order valence-corrected chi connectivity index (χ1v) is 15.0. The number of amides is 2. The molecule has 4 aromatic rings. The maximum atomic E-state index is 13.6. The van der Waals surface area contributed by atoms with Crippen molar-refractivity contribution in [1.29, 1.82) is 0 Å². The Morgan fingerprint density at radius 3 is 2.24 bits per heavy atom. The molecule has 0 bridgehead atoms. The number of aromatic nitrogens is 2. The van der Waals surface area contributed by atoms with Crippen LogP contribution in [0.25, 0.3) is 17.2 Å². The predicted octanol–water partition coefficient (Wildman–Crippen LogP) is 7.33. The number of thiophene rings is 1. The third-order valence-electron chi connectivity index (χ3n) is 6.62. The number of H-pyrrole nitrogens is 1. The molecule has 0 radical (unpaired) electrons. The van der Waals surface area contributed by atoms with E-state index in [0.717, 1.165) is 28.0 Å². The maximum absolute atomic E-state index is 13.6. The van der Waals surface area contributed by atoms with E-state index >= 15 is 0 Å². The molecule has 5 rings (SSSR count). The summed E-state index contributed by atoms with van der Waals surface area (Å²) in [5.41, 5.74) is -2.37. The number of halogens is 6. The molecule has 1 aliphatic heterocycles. The van der Waals surface area contributed by atoms with Crippen LogP contribution in [-0.2, 0) is 28.4 Å². The number of hydrogen-bond acceptors (Lipinski definition) is 7. The van der Waals surface area contributed by atoms with E-state index in [-0.39, 0.29) is 44.1 Å². The predicted molar refractivity (Wildman–Crippen MR) is 163 cm³/mol. The molecule has 2 aromatic carbocycles. The average molecular weight is 697 g/mol. The van der Waals surface area contributed by atoms with Gasteiger partial charge in [-0.15, -0.1) is 11.3 Å². The van der Waals surface area contributed by atoms with Crippen LogP contribution >= 0.6 is 35.3 Å². The van der Waals surface area contributed by atoms with Crippen LogP contribution in [0, 0.1) is 0 Å². The standard InChI is InChI=1S/C29H18F6N4O4S3/c30-28(31,32)17-5-15(6-18(8-17)29(33,34)35)16-7-21(45-12-16)10-23-25(41)39(27(44)46-23)22(9-20-11-36-13-37-20)24(40)38-19-3-1-14(2-4-19)26(42)43/h1-8,10-13,22H,9H2,(H,36,37)(H,38,40)(H,42,43)/t22-/m0/s1. The lowest BCUT2D eigenvalue weighted by atomic mass is 10.0. The average Bonchev–Trinajstić information content (AvgIpc) is 3.73. The van der Waals surface area contributed by atoms with Crippen molar-refractivity contribution in [1.82, 2.24) is 14.9 Å². The third-order valence-corrected chi connectivity index (χ3v) is 8.83. The molecule has 46 heavy (non-hydrogen) atoms. The number of carbonyl (C=O) groups excluding carboxylic acids is 2. The van der Waals surface area contributed by atoms with Gasteiger partial charge in [-0.3, -0.25) is 14.5 Å². The first-order chi connectivity index (χ1) is 21.6. The highest BCUT2D eigenvalue weighted by Crippen LogP contribution is 2.41. The lowest BCUT2D eigenvalue weighted by Gasteiger charge is -2.25. The zero-order chi connectivity index (χ0) is 33.4. The zero-order valence-electron chi connectivity index (χ0n) is 22.8. The van der Waals surface area contributed by atoms with Gasteiger partial charge in [0.25, 0.3) is 5.91 Å². The van der Waals surface area contributed by atoms with Crippen molar-refractivity contribution in [2.45, 2.75) is 24.8 Å². The number of carboxylic acids is 1. The lowest BCUT2D eigenvalue weighted by molar-refractivity contribution is -0.143. The molecule has 2 aromatic heterocycles. The minimum atomic E-state index is -5.01. The molecular formula is C29H18F6N4O4S3. The summed E-state index contributed by atoms with van der Waals surface area (Å²) in [6, 6.07) is 6.81. The molecular weight excluding hydrogens is 679 g/mol. The summed E-state index contributed by atoms with van der Waals surface area (Å²) in [6.07, 6.45) is -5.82. The van der Waals surface area contributed by atoms with Gasteiger partial charge in [-0.25, -0.2) is 9.78 Å². The summed E-state index contributed by atoms with van der Waals surface area (Å²) in [4.78, 5) is 46.5. The molecule has 238 valence electrons. The summed E-state index contributed by atoms with van der Waals surface area (Å²) in [7, 11) is 0. The van der Waals surface area contributed by atoms with Crippen molar-refractivity contribution in [3.05, 3.63) is 98.6 Å². The number of alkyl halides is 6. The van der Waals surface area contributed by atoms with Crippen LogP contribution < -0.4 is 5.32 Å². The second kappa shape index (κ2) is 12.7. The summed E-state index contributed by atoms with van der Waals surface area (Å²) >= 11 is 7.29. The lowest BCUT2D eigenvalue weighted by Crippen LogP contribution is -2.47. The number of benzene rings is 2. The van der Waals surface area contributed by atoms with E-state index in [2.05, 4.69) is 15.3 Å². The van der Waals surface area contributed by atoms with Gasteiger partial charge in [0.2, 0.25) is 5.91 Å². The van der Waals surface area contributed by atoms with Gasteiger partial charge in [0.1, 0.15) is 10.4 Å². The number of carbonyl (C=O) groups is 3. The van der Waals surface area contributed by atoms with Crippen molar-refractivity contribution < 1.29 is 45.8 Å². The fraction of sp³-hybridized carbons (Fsp3) is 0.138. The van der Waals surface area contributed by atoms with Gasteiger partial charge in [0, 0.05) is 28.9 Å². The van der Waals surface area contributed by atoms with Crippen LogP contribution in [0.1, 0.15) is 32.1 Å². The Morgan fingerprint density at radius 2 is 1.67 bits per heavy atom. The van der Waals surface area contributed by atoms with Gasteiger partial charge in [-0.05, 0) is 71.1 Å². The second-order valence-electron chi connectivity index (χ2n) is 9.75. The normalized spacial score (nSPS) is 15.4. The van der Waals surface area contributed by atoms with E-state index < -0.39 is 47.3 Å². The van der Waals surface area contributed by atoms with Crippen molar-refractivity contribution in [3.63, 3.8) is 0 Å². The molecule has 1 atom stereocenters. The largest absolute Gasteiger partial charge is 0.478 e. The zero-order valence-corrected chi connectivity index (χ0v) is 25.2. The van der Waals surface area contributed by atoms with E-state index in [9.17, 15) is 40.7 Å². The molecule has 0 saturated carbocycles. The summed E-state index contributed by atoms with van der Waals surface area (Å²) in [5, 5.41) is 13.1. The summed E-state index contributed by atoms with van der Waals surface area (Å²) in [5.74, 6) is -2.44. The van der Waals surface area contributed by atoms with Gasteiger partial charge in [0.15, 0.2) is 0 Å². The SMILES string of the molecule is O=C(O)c1ccc(NC(=O)[C@H](Cc2cnc[nH]2)N2C(=O)C(=Cc3cc(-c4cc(C(F)(F)F)cc(C(F)(F)F)c4)cs3)SC2=S)cc1. The Hall–Kier alpha value is -4.48. The molecule has 1 fully saturated rings. The van der Waals surface area contributed by atoms with Crippen molar-refractivity contribution in [2.75, 3.05) is 5.32 Å². The van der Waals surface area contributed by atoms with Crippen LogP contribution in [0.3, 0.4) is 0 Å². The number of thiocarbonyl (C=S) groups is 1. The third kappa shape index (κ3) is 7.32. The molecule has 0 spiro atoms. The minimum Gasteiger partial charge on any atom is -0.478 e. The van der Waals surface area contributed by atoms with Crippen molar-refractivity contribution >= 4 is 69.2 Å². The maximum Gasteiger partial charge on any atom is 0.416 e. The van der Waals surface area contributed by atoms with Gasteiger partial charge >= 0.3 is 18.3 Å². The molecule has 17 heteroatoms. The van der Waals surface area contributed by atoms with Crippen LogP contribution in [0.4, 0.5) is 32.0 Å². The highest BCUT2D eigenvalue weighted by Gasteiger charge is 2.41. The molecule has 2 amide bonds. The molecule has 1 saturated heterocycles. The Balaban J connectivity index is 1.42. The highest BCUT2D eigenvalue weighted by atomic mass is 32.2. The van der Waals surface area contributed by atoms with E-state index in [4.69, 9.17) is 17.3 Å². The minimum absolute atomic E-state index is 0.000305. The van der Waals surface area contributed by atoms with Crippen LogP contribution in [0.15, 0.2) is 71.3 Å². The highest BCUT2D eigenvalue weighted by molar-refractivity contribution is 8.26.